The van der Waals surface area contributed by atoms with Crippen LogP contribution in [0.3, 0.4) is 0 Å². The fraction of sp³-hybridized carbons (Fsp3) is 1.00. The Kier molecular flexibility index (Phi) is 3.74. The van der Waals surface area contributed by atoms with Crippen molar-refractivity contribution >= 4 is 0 Å². The molecule has 0 aromatic carbocycles. The zero-order chi connectivity index (χ0) is 9.90. The number of hydrogen-bond acceptors (Lipinski definition) is 2. The molecule has 0 bridgehead atoms. The molecule has 1 N–H and O–H groups in total. The molecule has 0 aromatic rings. The maximum absolute atomic E-state index is 5.33. The van der Waals surface area contributed by atoms with E-state index in [1.807, 2.05) is 0 Å². The van der Waals surface area contributed by atoms with Crippen LogP contribution in [0.15, 0.2) is 0 Å². The van der Waals surface area contributed by atoms with Gasteiger partial charge in [0.2, 0.25) is 0 Å². The minimum absolute atomic E-state index is 0.252. The summed E-state index contributed by atoms with van der Waals surface area (Å²) in [5, 5.41) is 3.71. The van der Waals surface area contributed by atoms with Crippen LogP contribution in [0.5, 0.6) is 0 Å². The van der Waals surface area contributed by atoms with E-state index in [0.717, 1.165) is 26.1 Å². The van der Waals surface area contributed by atoms with Crippen molar-refractivity contribution in [3.05, 3.63) is 0 Å². The number of hydrogen-bond donors (Lipinski definition) is 1. The van der Waals surface area contributed by atoms with Gasteiger partial charge in [0.25, 0.3) is 0 Å². The molecule has 0 radical (unpaired) electrons. The van der Waals surface area contributed by atoms with E-state index >= 15 is 0 Å². The molecule has 1 saturated heterocycles. The summed E-state index contributed by atoms with van der Waals surface area (Å²) in [7, 11) is 0. The monoisotopic (exact) mass is 185 g/mol. The first-order chi connectivity index (χ1) is 6.02. The Labute approximate surface area is 82.0 Å². The Morgan fingerprint density at radius 3 is 2.23 bits per heavy atom. The van der Waals surface area contributed by atoms with Crippen LogP contribution in [0, 0.1) is 5.92 Å². The summed E-state index contributed by atoms with van der Waals surface area (Å²) >= 11 is 0. The molecule has 13 heavy (non-hydrogen) atoms. The van der Waals surface area contributed by atoms with Crippen molar-refractivity contribution in [1.82, 2.24) is 5.32 Å². The van der Waals surface area contributed by atoms with Gasteiger partial charge in [-0.05, 0) is 32.6 Å². The van der Waals surface area contributed by atoms with Crippen molar-refractivity contribution in [3.63, 3.8) is 0 Å². The average molecular weight is 185 g/mol. The van der Waals surface area contributed by atoms with Crippen LogP contribution in [0.4, 0.5) is 0 Å². The SMILES string of the molecule is CC(C)C(C)(C)NC1CCOCC1. The summed E-state index contributed by atoms with van der Waals surface area (Å²) in [5.41, 5.74) is 0.252. The second kappa shape index (κ2) is 4.43. The second-order valence-corrected chi connectivity index (χ2v) is 4.91. The zero-order valence-corrected chi connectivity index (χ0v) is 9.39. The Balaban J connectivity index is 2.37. The molecule has 1 aliphatic heterocycles. The Hall–Kier alpha value is -0.0800. The molecular formula is C11H23NO. The van der Waals surface area contributed by atoms with Gasteiger partial charge in [0.05, 0.1) is 0 Å². The highest BCUT2D eigenvalue weighted by Gasteiger charge is 2.26. The average Bonchev–Trinajstić information content (AvgIpc) is 2.05. The summed E-state index contributed by atoms with van der Waals surface area (Å²) in [6.45, 7) is 11.0. The van der Waals surface area contributed by atoms with E-state index in [0.29, 0.717) is 12.0 Å². The third-order valence-electron chi connectivity index (χ3n) is 3.24. The van der Waals surface area contributed by atoms with Crippen molar-refractivity contribution < 1.29 is 4.74 Å². The van der Waals surface area contributed by atoms with Gasteiger partial charge in [-0.3, -0.25) is 0 Å². The molecule has 1 heterocycles. The summed E-state index contributed by atoms with van der Waals surface area (Å²) in [5.74, 6) is 0.676. The molecular weight excluding hydrogens is 162 g/mol. The first kappa shape index (κ1) is 11.0. The van der Waals surface area contributed by atoms with Gasteiger partial charge in [-0.15, -0.1) is 0 Å². The van der Waals surface area contributed by atoms with Crippen LogP contribution in [0.2, 0.25) is 0 Å². The highest BCUT2D eigenvalue weighted by Crippen LogP contribution is 2.18. The molecule has 78 valence electrons. The minimum atomic E-state index is 0.252. The first-order valence-corrected chi connectivity index (χ1v) is 5.38. The lowest BCUT2D eigenvalue weighted by atomic mass is 9.89. The molecule has 0 aliphatic carbocycles. The standard InChI is InChI=1S/C11H23NO/c1-9(2)11(3,4)12-10-5-7-13-8-6-10/h9-10,12H,5-8H2,1-4H3. The predicted octanol–water partition coefficient (Wildman–Crippen LogP) is 2.19. The van der Waals surface area contributed by atoms with E-state index in [1.54, 1.807) is 0 Å². The van der Waals surface area contributed by atoms with Gasteiger partial charge in [-0.25, -0.2) is 0 Å². The zero-order valence-electron chi connectivity index (χ0n) is 9.39. The normalized spacial score (nSPS) is 21.0. The van der Waals surface area contributed by atoms with Crippen LogP contribution in [0.25, 0.3) is 0 Å². The van der Waals surface area contributed by atoms with Crippen molar-refractivity contribution in [2.24, 2.45) is 5.92 Å². The molecule has 0 aromatic heterocycles. The Bertz CT molecular complexity index is 148. The molecule has 2 nitrogen and oxygen atoms in total. The first-order valence-electron chi connectivity index (χ1n) is 5.38. The van der Waals surface area contributed by atoms with Crippen molar-refractivity contribution in [2.45, 2.75) is 52.1 Å². The van der Waals surface area contributed by atoms with Gasteiger partial charge in [-0.2, -0.15) is 0 Å². The van der Waals surface area contributed by atoms with E-state index < -0.39 is 0 Å². The molecule has 2 heteroatoms. The summed E-state index contributed by atoms with van der Waals surface area (Å²) < 4.78 is 5.33. The lowest BCUT2D eigenvalue weighted by molar-refractivity contribution is 0.0660. The third-order valence-corrected chi connectivity index (χ3v) is 3.24. The molecule has 1 rings (SSSR count). The number of ether oxygens (including phenoxy) is 1. The minimum Gasteiger partial charge on any atom is -0.381 e. The lowest BCUT2D eigenvalue weighted by Crippen LogP contribution is -2.51. The quantitative estimate of drug-likeness (QED) is 0.727. The smallest absolute Gasteiger partial charge is 0.0480 e. The van der Waals surface area contributed by atoms with Crippen LogP contribution in [-0.4, -0.2) is 24.8 Å². The van der Waals surface area contributed by atoms with Crippen LogP contribution in [-0.2, 0) is 4.74 Å². The van der Waals surface area contributed by atoms with Crippen LogP contribution in [0.1, 0.15) is 40.5 Å². The molecule has 0 spiro atoms. The molecule has 1 aliphatic rings. The van der Waals surface area contributed by atoms with Crippen LogP contribution >= 0.6 is 0 Å². The van der Waals surface area contributed by atoms with Gasteiger partial charge in [0.1, 0.15) is 0 Å². The Morgan fingerprint density at radius 1 is 1.23 bits per heavy atom. The fourth-order valence-electron chi connectivity index (χ4n) is 1.53. The summed E-state index contributed by atoms with van der Waals surface area (Å²) in [6.07, 6.45) is 2.33. The van der Waals surface area contributed by atoms with Gasteiger partial charge < -0.3 is 10.1 Å². The summed E-state index contributed by atoms with van der Waals surface area (Å²) in [4.78, 5) is 0. The van der Waals surface area contributed by atoms with E-state index in [1.165, 1.54) is 0 Å². The number of rotatable bonds is 3. The van der Waals surface area contributed by atoms with Gasteiger partial charge in [0, 0.05) is 24.8 Å². The molecule has 0 atom stereocenters. The van der Waals surface area contributed by atoms with Crippen molar-refractivity contribution in [3.8, 4) is 0 Å². The molecule has 1 fully saturated rings. The molecule has 0 saturated carbocycles. The molecule has 0 amide bonds. The predicted molar refractivity (Wildman–Crippen MR) is 55.9 cm³/mol. The van der Waals surface area contributed by atoms with E-state index in [-0.39, 0.29) is 5.54 Å². The second-order valence-electron chi connectivity index (χ2n) is 4.91. The topological polar surface area (TPSA) is 21.3 Å². The van der Waals surface area contributed by atoms with Crippen LogP contribution < -0.4 is 5.32 Å². The third kappa shape index (κ3) is 3.28. The lowest BCUT2D eigenvalue weighted by Gasteiger charge is -2.36. The van der Waals surface area contributed by atoms with Gasteiger partial charge in [0.15, 0.2) is 0 Å². The maximum Gasteiger partial charge on any atom is 0.0480 e. The van der Waals surface area contributed by atoms with E-state index in [9.17, 15) is 0 Å². The fourth-order valence-corrected chi connectivity index (χ4v) is 1.53. The largest absolute Gasteiger partial charge is 0.381 e. The number of nitrogens with one attached hydrogen (secondary N) is 1. The van der Waals surface area contributed by atoms with Gasteiger partial charge >= 0.3 is 0 Å². The van der Waals surface area contributed by atoms with E-state index in [2.05, 4.69) is 33.0 Å². The van der Waals surface area contributed by atoms with Gasteiger partial charge in [-0.1, -0.05) is 13.8 Å². The Morgan fingerprint density at radius 2 is 1.77 bits per heavy atom. The summed E-state index contributed by atoms with van der Waals surface area (Å²) in [6, 6.07) is 0.658. The molecule has 0 unspecified atom stereocenters. The van der Waals surface area contributed by atoms with E-state index in [4.69, 9.17) is 4.74 Å². The van der Waals surface area contributed by atoms with Crippen molar-refractivity contribution in [2.75, 3.05) is 13.2 Å². The maximum atomic E-state index is 5.33. The highest BCUT2D eigenvalue weighted by atomic mass is 16.5. The highest BCUT2D eigenvalue weighted by molar-refractivity contribution is 4.85. The van der Waals surface area contributed by atoms with Crippen molar-refractivity contribution in [1.29, 1.82) is 0 Å².